The van der Waals surface area contributed by atoms with Gasteiger partial charge in [-0.15, -0.1) is 0 Å². The molecule has 3 nitrogen and oxygen atoms in total. The highest BCUT2D eigenvalue weighted by molar-refractivity contribution is 9.10. The summed E-state index contributed by atoms with van der Waals surface area (Å²) in [5.74, 6) is -0.192. The number of benzene rings is 1. The molecule has 0 fully saturated rings. The number of carbonyl (C=O) groups is 1. The first-order chi connectivity index (χ1) is 8.65. The maximum Gasteiger partial charge on any atom is 0.191 e. The van der Waals surface area contributed by atoms with Crippen LogP contribution in [0, 0.1) is 5.21 Å². The van der Waals surface area contributed by atoms with Crippen LogP contribution in [0.5, 0.6) is 0 Å². The maximum atomic E-state index is 11.8. The van der Waals surface area contributed by atoms with Crippen molar-refractivity contribution in [2.45, 2.75) is 0 Å². The molecule has 0 aliphatic carbocycles. The molecule has 0 N–H and O–H groups in total. The zero-order valence-corrected chi connectivity index (χ0v) is 11.0. The number of aromatic nitrogens is 1. The van der Waals surface area contributed by atoms with Crippen LogP contribution >= 0.6 is 15.9 Å². The van der Waals surface area contributed by atoms with Gasteiger partial charge in [0.05, 0.1) is 5.56 Å². The molecule has 0 atom stereocenters. The third-order valence-electron chi connectivity index (χ3n) is 2.36. The van der Waals surface area contributed by atoms with Gasteiger partial charge in [-0.2, -0.15) is 4.73 Å². The van der Waals surface area contributed by atoms with Gasteiger partial charge in [0.1, 0.15) is 0 Å². The van der Waals surface area contributed by atoms with Crippen LogP contribution < -0.4 is 4.73 Å². The number of halogens is 1. The Hall–Kier alpha value is -1.94. The van der Waals surface area contributed by atoms with E-state index in [9.17, 15) is 10.0 Å². The summed E-state index contributed by atoms with van der Waals surface area (Å²) < 4.78 is 1.60. The minimum Gasteiger partial charge on any atom is -0.619 e. The van der Waals surface area contributed by atoms with Crippen LogP contribution in [-0.4, -0.2) is 5.78 Å². The molecule has 18 heavy (non-hydrogen) atoms. The van der Waals surface area contributed by atoms with Crippen LogP contribution in [0.3, 0.4) is 0 Å². The molecular weight excluding hydrogens is 294 g/mol. The van der Waals surface area contributed by atoms with E-state index < -0.39 is 0 Å². The number of hydrogen-bond donors (Lipinski definition) is 0. The SMILES string of the molecule is O=C(C=Cc1ccc(Br)cc1)c1ccc[n+]([O-])c1. The molecule has 0 aliphatic heterocycles. The van der Waals surface area contributed by atoms with Crippen molar-refractivity contribution in [1.29, 1.82) is 0 Å². The van der Waals surface area contributed by atoms with E-state index in [-0.39, 0.29) is 5.78 Å². The first-order valence-corrected chi connectivity index (χ1v) is 6.11. The molecule has 1 heterocycles. The van der Waals surface area contributed by atoms with Gasteiger partial charge in [-0.3, -0.25) is 4.79 Å². The Labute approximate surface area is 113 Å². The van der Waals surface area contributed by atoms with Gasteiger partial charge < -0.3 is 5.21 Å². The summed E-state index contributed by atoms with van der Waals surface area (Å²) in [7, 11) is 0. The number of nitrogens with zero attached hydrogens (tertiary/aromatic N) is 1. The van der Waals surface area contributed by atoms with Crippen molar-refractivity contribution in [2.75, 3.05) is 0 Å². The lowest BCUT2D eigenvalue weighted by atomic mass is 10.1. The van der Waals surface area contributed by atoms with E-state index in [1.54, 1.807) is 18.2 Å². The Morgan fingerprint density at radius 1 is 1.22 bits per heavy atom. The fourth-order valence-corrected chi connectivity index (χ4v) is 1.71. The van der Waals surface area contributed by atoms with E-state index in [4.69, 9.17) is 0 Å². The van der Waals surface area contributed by atoms with Crippen LogP contribution in [0.15, 0.2) is 59.3 Å². The van der Waals surface area contributed by atoms with Gasteiger partial charge in [-0.1, -0.05) is 34.1 Å². The van der Waals surface area contributed by atoms with E-state index >= 15 is 0 Å². The number of carbonyl (C=O) groups excluding carboxylic acids is 1. The molecule has 90 valence electrons. The third-order valence-corrected chi connectivity index (χ3v) is 2.89. The standard InChI is InChI=1S/C14H10BrNO2/c15-13-6-3-11(4-7-13)5-8-14(17)12-2-1-9-16(18)10-12/h1-10H. The molecular formula is C14H10BrNO2. The molecule has 0 bridgehead atoms. The number of pyridine rings is 1. The molecule has 0 unspecified atom stereocenters. The molecule has 0 aliphatic rings. The molecule has 1 aromatic carbocycles. The Balaban J connectivity index is 2.14. The van der Waals surface area contributed by atoms with Crippen LogP contribution in [0.2, 0.25) is 0 Å². The minimum atomic E-state index is -0.192. The molecule has 0 amide bonds. The summed E-state index contributed by atoms with van der Waals surface area (Å²) in [6.45, 7) is 0. The van der Waals surface area contributed by atoms with Crippen molar-refractivity contribution < 1.29 is 9.52 Å². The molecule has 2 aromatic rings. The molecule has 0 spiro atoms. The number of rotatable bonds is 3. The van der Waals surface area contributed by atoms with Crippen molar-refractivity contribution in [1.82, 2.24) is 0 Å². The average molecular weight is 304 g/mol. The van der Waals surface area contributed by atoms with Gasteiger partial charge in [0.15, 0.2) is 18.2 Å². The number of hydrogen-bond acceptors (Lipinski definition) is 2. The topological polar surface area (TPSA) is 44.0 Å². The molecule has 0 saturated carbocycles. The zero-order valence-electron chi connectivity index (χ0n) is 9.42. The summed E-state index contributed by atoms with van der Waals surface area (Å²) in [6.07, 6.45) is 5.78. The Morgan fingerprint density at radius 3 is 2.61 bits per heavy atom. The highest BCUT2D eigenvalue weighted by atomic mass is 79.9. The van der Waals surface area contributed by atoms with Gasteiger partial charge >= 0.3 is 0 Å². The zero-order chi connectivity index (χ0) is 13.0. The molecule has 1 aromatic heterocycles. The second kappa shape index (κ2) is 5.60. The van der Waals surface area contributed by atoms with Crippen molar-refractivity contribution in [3.63, 3.8) is 0 Å². The van der Waals surface area contributed by atoms with Crippen LogP contribution in [0.4, 0.5) is 0 Å². The summed E-state index contributed by atoms with van der Waals surface area (Å²) in [6, 6.07) is 10.8. The van der Waals surface area contributed by atoms with Gasteiger partial charge in [0.2, 0.25) is 0 Å². The smallest absolute Gasteiger partial charge is 0.191 e. The van der Waals surface area contributed by atoms with E-state index in [1.807, 2.05) is 24.3 Å². The molecule has 2 rings (SSSR count). The fraction of sp³-hybridized carbons (Fsp3) is 0. The normalized spacial score (nSPS) is 10.7. The van der Waals surface area contributed by atoms with Crippen LogP contribution in [-0.2, 0) is 0 Å². The lowest BCUT2D eigenvalue weighted by Gasteiger charge is -1.97. The predicted molar refractivity (Wildman–Crippen MR) is 72.9 cm³/mol. The van der Waals surface area contributed by atoms with Crippen molar-refractivity contribution in [2.24, 2.45) is 0 Å². The Bertz CT molecular complexity index is 591. The molecule has 0 radical (unpaired) electrons. The number of ketones is 1. The van der Waals surface area contributed by atoms with Crippen molar-refractivity contribution in [3.05, 3.63) is 75.7 Å². The maximum absolute atomic E-state index is 11.8. The van der Waals surface area contributed by atoms with E-state index in [1.165, 1.54) is 18.5 Å². The second-order valence-corrected chi connectivity index (χ2v) is 4.62. The van der Waals surface area contributed by atoms with Crippen LogP contribution in [0.25, 0.3) is 6.08 Å². The Morgan fingerprint density at radius 2 is 1.94 bits per heavy atom. The molecule has 0 saturated heterocycles. The van der Waals surface area contributed by atoms with Gasteiger partial charge in [-0.25, -0.2) is 0 Å². The first-order valence-electron chi connectivity index (χ1n) is 5.32. The lowest BCUT2D eigenvalue weighted by Crippen LogP contribution is -2.25. The fourth-order valence-electron chi connectivity index (χ4n) is 1.44. The van der Waals surface area contributed by atoms with Crippen molar-refractivity contribution in [3.8, 4) is 0 Å². The third kappa shape index (κ3) is 3.28. The Kier molecular flexibility index (Phi) is 3.89. The highest BCUT2D eigenvalue weighted by Gasteiger charge is 2.04. The number of allylic oxidation sites excluding steroid dienone is 1. The van der Waals surface area contributed by atoms with Gasteiger partial charge in [0.25, 0.3) is 0 Å². The summed E-state index contributed by atoms with van der Waals surface area (Å²) in [4.78, 5) is 11.8. The van der Waals surface area contributed by atoms with Gasteiger partial charge in [-0.05, 0) is 29.8 Å². The van der Waals surface area contributed by atoms with E-state index in [0.717, 1.165) is 10.0 Å². The predicted octanol–water partition coefficient (Wildman–Crippen LogP) is 2.98. The summed E-state index contributed by atoms with van der Waals surface area (Å²) in [5, 5.41) is 11.0. The second-order valence-electron chi connectivity index (χ2n) is 3.70. The lowest BCUT2D eigenvalue weighted by molar-refractivity contribution is -0.605. The van der Waals surface area contributed by atoms with Gasteiger partial charge in [0, 0.05) is 10.5 Å². The minimum absolute atomic E-state index is 0.192. The molecule has 4 heteroatoms. The van der Waals surface area contributed by atoms with E-state index in [2.05, 4.69) is 15.9 Å². The van der Waals surface area contributed by atoms with Crippen LogP contribution in [0.1, 0.15) is 15.9 Å². The average Bonchev–Trinajstić information content (AvgIpc) is 2.38. The quantitative estimate of drug-likeness (QED) is 0.379. The first kappa shape index (κ1) is 12.5. The monoisotopic (exact) mass is 303 g/mol. The van der Waals surface area contributed by atoms with Crippen molar-refractivity contribution >= 4 is 27.8 Å². The summed E-state index contributed by atoms with van der Waals surface area (Å²) >= 11 is 3.34. The largest absolute Gasteiger partial charge is 0.619 e. The van der Waals surface area contributed by atoms with E-state index in [0.29, 0.717) is 10.3 Å². The highest BCUT2D eigenvalue weighted by Crippen LogP contribution is 2.11. The summed E-state index contributed by atoms with van der Waals surface area (Å²) in [5.41, 5.74) is 1.30.